The first kappa shape index (κ1) is 11.2. The van der Waals surface area contributed by atoms with E-state index >= 15 is 0 Å². The average Bonchev–Trinajstić information content (AvgIpc) is 2.39. The number of hydrogen-bond acceptors (Lipinski definition) is 2. The Bertz CT molecular complexity index is 370. The van der Waals surface area contributed by atoms with Crippen molar-refractivity contribution in [3.05, 3.63) is 27.2 Å². The van der Waals surface area contributed by atoms with Gasteiger partial charge in [0, 0.05) is 16.6 Å². The molecule has 1 unspecified atom stereocenters. The molecule has 1 aromatic rings. The van der Waals surface area contributed by atoms with Crippen molar-refractivity contribution in [1.82, 2.24) is 5.32 Å². The van der Waals surface area contributed by atoms with Gasteiger partial charge in [-0.1, -0.05) is 11.6 Å². The van der Waals surface area contributed by atoms with Crippen molar-refractivity contribution in [3.8, 4) is 5.75 Å². The molecular formula is C11H13BrClNO. The minimum Gasteiger partial charge on any atom is -0.492 e. The maximum Gasteiger partial charge on any atom is 0.138 e. The quantitative estimate of drug-likeness (QED) is 0.854. The summed E-state index contributed by atoms with van der Waals surface area (Å²) in [5.41, 5.74) is 1.15. The first-order valence-electron chi connectivity index (χ1n) is 5.01. The van der Waals surface area contributed by atoms with Crippen molar-refractivity contribution >= 4 is 27.5 Å². The first-order chi connectivity index (χ1) is 7.22. The van der Waals surface area contributed by atoms with Crippen LogP contribution in [0.2, 0.25) is 5.02 Å². The lowest BCUT2D eigenvalue weighted by Gasteiger charge is -2.17. The molecule has 0 spiro atoms. The van der Waals surface area contributed by atoms with E-state index in [1.807, 2.05) is 19.2 Å². The number of halogens is 2. The Balaban J connectivity index is 2.50. The summed E-state index contributed by atoms with van der Waals surface area (Å²) in [6.07, 6.45) is 2.14. The second kappa shape index (κ2) is 4.73. The van der Waals surface area contributed by atoms with Crippen molar-refractivity contribution in [2.75, 3.05) is 13.7 Å². The summed E-state index contributed by atoms with van der Waals surface area (Å²) in [5, 5.41) is 4.04. The molecule has 0 bridgehead atoms. The Labute approximate surface area is 103 Å². The number of nitrogens with one attached hydrogen (secondary N) is 1. The van der Waals surface area contributed by atoms with Crippen LogP contribution < -0.4 is 10.1 Å². The Morgan fingerprint density at radius 3 is 3.07 bits per heavy atom. The fourth-order valence-electron chi connectivity index (χ4n) is 1.91. The van der Waals surface area contributed by atoms with Crippen LogP contribution in [0.25, 0.3) is 0 Å². The van der Waals surface area contributed by atoms with Crippen molar-refractivity contribution in [1.29, 1.82) is 0 Å². The highest BCUT2D eigenvalue weighted by atomic mass is 79.9. The van der Waals surface area contributed by atoms with Gasteiger partial charge >= 0.3 is 0 Å². The van der Waals surface area contributed by atoms with Gasteiger partial charge in [-0.3, -0.25) is 0 Å². The zero-order valence-electron chi connectivity index (χ0n) is 8.52. The molecule has 2 nitrogen and oxygen atoms in total. The summed E-state index contributed by atoms with van der Waals surface area (Å²) in [7, 11) is 1.97. The fourth-order valence-corrected chi connectivity index (χ4v) is 2.86. The molecule has 0 saturated heterocycles. The largest absolute Gasteiger partial charge is 0.492 e. The molecule has 1 aliphatic rings. The van der Waals surface area contributed by atoms with E-state index in [1.54, 1.807) is 0 Å². The van der Waals surface area contributed by atoms with Crippen LogP contribution in [0.15, 0.2) is 16.6 Å². The van der Waals surface area contributed by atoms with Crippen LogP contribution in [-0.2, 0) is 0 Å². The summed E-state index contributed by atoms with van der Waals surface area (Å²) in [6, 6.07) is 4.18. The molecule has 1 aliphatic heterocycles. The average molecular weight is 291 g/mol. The van der Waals surface area contributed by atoms with E-state index in [9.17, 15) is 0 Å². The Morgan fingerprint density at radius 1 is 1.53 bits per heavy atom. The van der Waals surface area contributed by atoms with Crippen LogP contribution in [0, 0.1) is 0 Å². The Morgan fingerprint density at radius 2 is 2.33 bits per heavy atom. The molecule has 0 fully saturated rings. The lowest BCUT2D eigenvalue weighted by molar-refractivity contribution is 0.314. The summed E-state index contributed by atoms with van der Waals surface area (Å²) >= 11 is 9.53. The maximum atomic E-state index is 6.04. The third-order valence-corrected chi connectivity index (χ3v) is 3.45. The zero-order valence-corrected chi connectivity index (χ0v) is 10.9. The Hall–Kier alpha value is -0.250. The molecule has 0 amide bonds. The van der Waals surface area contributed by atoms with E-state index in [2.05, 4.69) is 21.2 Å². The molecule has 0 radical (unpaired) electrons. The van der Waals surface area contributed by atoms with E-state index in [4.69, 9.17) is 16.3 Å². The lowest BCUT2D eigenvalue weighted by atomic mass is 10.0. The highest BCUT2D eigenvalue weighted by molar-refractivity contribution is 9.10. The molecule has 4 heteroatoms. The molecule has 1 N–H and O–H groups in total. The number of rotatable bonds is 1. The van der Waals surface area contributed by atoms with Gasteiger partial charge in [0.05, 0.1) is 11.1 Å². The highest BCUT2D eigenvalue weighted by Crippen LogP contribution is 2.39. The molecule has 1 heterocycles. The lowest BCUT2D eigenvalue weighted by Crippen LogP contribution is -2.15. The molecule has 0 aliphatic carbocycles. The maximum absolute atomic E-state index is 6.04. The molecule has 0 aromatic heterocycles. The molecule has 2 rings (SSSR count). The molecular weight excluding hydrogens is 277 g/mol. The van der Waals surface area contributed by atoms with E-state index in [0.29, 0.717) is 6.04 Å². The van der Waals surface area contributed by atoms with Gasteiger partial charge in [0.25, 0.3) is 0 Å². The van der Waals surface area contributed by atoms with Gasteiger partial charge in [-0.15, -0.1) is 0 Å². The van der Waals surface area contributed by atoms with Gasteiger partial charge in [-0.25, -0.2) is 0 Å². The summed E-state index contributed by atoms with van der Waals surface area (Å²) < 4.78 is 6.66. The van der Waals surface area contributed by atoms with Crippen LogP contribution in [0.3, 0.4) is 0 Å². The van der Waals surface area contributed by atoms with E-state index in [1.165, 1.54) is 0 Å². The van der Waals surface area contributed by atoms with Crippen LogP contribution in [-0.4, -0.2) is 13.7 Å². The number of ether oxygens (including phenoxy) is 1. The van der Waals surface area contributed by atoms with Gasteiger partial charge in [0.1, 0.15) is 5.75 Å². The van der Waals surface area contributed by atoms with Gasteiger partial charge < -0.3 is 10.1 Å². The van der Waals surface area contributed by atoms with Gasteiger partial charge in [-0.05, 0) is 48.0 Å². The van der Waals surface area contributed by atoms with E-state index < -0.39 is 0 Å². The third kappa shape index (κ3) is 2.30. The van der Waals surface area contributed by atoms with Crippen LogP contribution in [0.4, 0.5) is 0 Å². The van der Waals surface area contributed by atoms with Crippen LogP contribution >= 0.6 is 27.5 Å². The van der Waals surface area contributed by atoms with Crippen molar-refractivity contribution in [3.63, 3.8) is 0 Å². The van der Waals surface area contributed by atoms with E-state index in [-0.39, 0.29) is 0 Å². The predicted molar refractivity (Wildman–Crippen MR) is 65.7 cm³/mol. The molecule has 82 valence electrons. The van der Waals surface area contributed by atoms with Gasteiger partial charge in [-0.2, -0.15) is 0 Å². The third-order valence-electron chi connectivity index (χ3n) is 2.64. The molecule has 15 heavy (non-hydrogen) atoms. The smallest absolute Gasteiger partial charge is 0.138 e. The standard InChI is InChI=1S/C11H13BrClNO/c1-14-10-3-2-4-15-11-8(10)5-7(13)6-9(11)12/h5-6,10,14H,2-4H2,1H3. The van der Waals surface area contributed by atoms with Gasteiger partial charge in [0.15, 0.2) is 0 Å². The minimum absolute atomic E-state index is 0.331. The van der Waals surface area contributed by atoms with Crippen molar-refractivity contribution in [2.45, 2.75) is 18.9 Å². The van der Waals surface area contributed by atoms with E-state index in [0.717, 1.165) is 40.3 Å². The van der Waals surface area contributed by atoms with Crippen LogP contribution in [0.1, 0.15) is 24.4 Å². The molecule has 1 aromatic carbocycles. The topological polar surface area (TPSA) is 21.3 Å². The van der Waals surface area contributed by atoms with Crippen molar-refractivity contribution < 1.29 is 4.74 Å². The normalized spacial score (nSPS) is 20.3. The van der Waals surface area contributed by atoms with Gasteiger partial charge in [0.2, 0.25) is 0 Å². The number of hydrogen-bond donors (Lipinski definition) is 1. The second-order valence-electron chi connectivity index (χ2n) is 3.64. The van der Waals surface area contributed by atoms with Crippen LogP contribution in [0.5, 0.6) is 5.75 Å². The summed E-state index contributed by atoms with van der Waals surface area (Å²) in [6.45, 7) is 0.769. The zero-order chi connectivity index (χ0) is 10.8. The SMILES string of the molecule is CNC1CCCOc2c(Br)cc(Cl)cc21. The second-order valence-corrected chi connectivity index (χ2v) is 4.93. The monoisotopic (exact) mass is 289 g/mol. The number of benzene rings is 1. The minimum atomic E-state index is 0.331. The Kier molecular flexibility index (Phi) is 3.54. The summed E-state index contributed by atoms with van der Waals surface area (Å²) in [4.78, 5) is 0. The fraction of sp³-hybridized carbons (Fsp3) is 0.455. The first-order valence-corrected chi connectivity index (χ1v) is 6.18. The van der Waals surface area contributed by atoms with Crippen molar-refractivity contribution in [2.24, 2.45) is 0 Å². The summed E-state index contributed by atoms with van der Waals surface area (Å²) in [5.74, 6) is 0.927. The molecule has 0 saturated carbocycles. The number of fused-ring (bicyclic) bond motifs is 1. The highest BCUT2D eigenvalue weighted by Gasteiger charge is 2.20. The molecule has 1 atom stereocenters. The predicted octanol–water partition coefficient (Wildman–Crippen LogP) is 3.54.